The van der Waals surface area contributed by atoms with Crippen LogP contribution in [-0.4, -0.2) is 18.8 Å². The first-order valence-electron chi connectivity index (χ1n) is 3.24. The molecule has 11 heavy (non-hydrogen) atoms. The van der Waals surface area contributed by atoms with Crippen molar-refractivity contribution in [2.75, 3.05) is 0 Å². The molecular weight excluding hydrogens is 138 g/mol. The van der Waals surface area contributed by atoms with Crippen molar-refractivity contribution in [3.05, 3.63) is 24.0 Å². The second-order valence-electron chi connectivity index (χ2n) is 2.13. The molecular formula is C8H9N3. The van der Waals surface area contributed by atoms with Gasteiger partial charge in [0.15, 0.2) is 0 Å². The molecule has 0 bridgehead atoms. The van der Waals surface area contributed by atoms with Gasteiger partial charge in [0.05, 0.1) is 0 Å². The van der Waals surface area contributed by atoms with Gasteiger partial charge in [0, 0.05) is 12.4 Å². The van der Waals surface area contributed by atoms with Crippen molar-refractivity contribution < 1.29 is 0 Å². The third-order valence-electron chi connectivity index (χ3n) is 1.11. The second-order valence-corrected chi connectivity index (χ2v) is 2.13. The van der Waals surface area contributed by atoms with E-state index in [9.17, 15) is 0 Å². The van der Waals surface area contributed by atoms with E-state index in [4.69, 9.17) is 0 Å². The van der Waals surface area contributed by atoms with Crippen molar-refractivity contribution in [3.8, 4) is 0 Å². The molecule has 0 atom stereocenters. The van der Waals surface area contributed by atoms with E-state index >= 15 is 0 Å². The molecule has 0 radical (unpaired) electrons. The summed E-state index contributed by atoms with van der Waals surface area (Å²) in [4.78, 5) is 11.6. The number of rotatable bonds is 0. The summed E-state index contributed by atoms with van der Waals surface area (Å²) >= 11 is 0. The highest BCUT2D eigenvalue weighted by Gasteiger charge is 1.85. The fourth-order valence-corrected chi connectivity index (χ4v) is 0.552. The van der Waals surface area contributed by atoms with Gasteiger partial charge in [-0.2, -0.15) is 0 Å². The molecule has 0 fully saturated rings. The van der Waals surface area contributed by atoms with Crippen molar-refractivity contribution in [1.82, 2.24) is 0 Å². The summed E-state index contributed by atoms with van der Waals surface area (Å²) in [5.74, 6) is 0.469. The van der Waals surface area contributed by atoms with Crippen LogP contribution in [0, 0.1) is 0 Å². The van der Waals surface area contributed by atoms with Gasteiger partial charge >= 0.3 is 0 Å². The van der Waals surface area contributed by atoms with Crippen LogP contribution >= 0.6 is 0 Å². The lowest BCUT2D eigenvalue weighted by molar-refractivity contribution is 1.27. The van der Waals surface area contributed by atoms with Crippen molar-refractivity contribution in [3.63, 3.8) is 0 Å². The van der Waals surface area contributed by atoms with Gasteiger partial charge in [0.1, 0.15) is 12.2 Å². The van der Waals surface area contributed by atoms with Crippen LogP contribution in [0.15, 0.2) is 39.0 Å². The van der Waals surface area contributed by atoms with Crippen LogP contribution < -0.4 is 0 Å². The molecule has 0 spiro atoms. The highest BCUT2D eigenvalue weighted by molar-refractivity contribution is 5.89. The third kappa shape index (κ3) is 2.71. The van der Waals surface area contributed by atoms with Crippen LogP contribution in [0.2, 0.25) is 0 Å². The molecule has 56 valence electrons. The summed E-state index contributed by atoms with van der Waals surface area (Å²) in [5, 5.41) is 0. The minimum Gasteiger partial charge on any atom is -0.245 e. The first kappa shape index (κ1) is 7.60. The average molecular weight is 147 g/mol. The van der Waals surface area contributed by atoms with Crippen molar-refractivity contribution in [1.29, 1.82) is 0 Å². The monoisotopic (exact) mass is 147 g/mol. The molecule has 0 aromatic carbocycles. The Morgan fingerprint density at radius 3 is 3.00 bits per heavy atom. The summed E-state index contributed by atoms with van der Waals surface area (Å²) < 4.78 is 0. The minimum absolute atomic E-state index is 0.469. The number of nitrogens with zero attached hydrogens (tertiary/aromatic N) is 3. The van der Waals surface area contributed by atoms with Gasteiger partial charge in [0.2, 0.25) is 0 Å². The highest BCUT2D eigenvalue weighted by Crippen LogP contribution is 1.96. The molecule has 0 saturated carbocycles. The number of aliphatic imine (C=N–C) groups is 3. The van der Waals surface area contributed by atoms with E-state index in [1.165, 1.54) is 6.34 Å². The Morgan fingerprint density at radius 1 is 1.36 bits per heavy atom. The lowest BCUT2D eigenvalue weighted by Crippen LogP contribution is -1.77. The molecule has 1 heterocycles. The summed E-state index contributed by atoms with van der Waals surface area (Å²) in [5.41, 5.74) is 1.03. The lowest BCUT2D eigenvalue weighted by Gasteiger charge is -1.86. The maximum atomic E-state index is 3.96. The Balaban J connectivity index is 2.89. The maximum absolute atomic E-state index is 3.96. The van der Waals surface area contributed by atoms with E-state index in [1.807, 2.05) is 13.0 Å². The Bertz CT molecular complexity index is 269. The van der Waals surface area contributed by atoms with Crippen molar-refractivity contribution in [2.45, 2.75) is 6.92 Å². The Morgan fingerprint density at radius 2 is 2.18 bits per heavy atom. The van der Waals surface area contributed by atoms with Crippen LogP contribution in [-0.2, 0) is 0 Å². The topological polar surface area (TPSA) is 37.1 Å². The predicted molar refractivity (Wildman–Crippen MR) is 48.4 cm³/mol. The van der Waals surface area contributed by atoms with Crippen LogP contribution in [0.4, 0.5) is 0 Å². The van der Waals surface area contributed by atoms with Gasteiger partial charge < -0.3 is 0 Å². The molecule has 0 aromatic heterocycles. The first-order valence-corrected chi connectivity index (χ1v) is 3.24. The number of hydrogen-bond acceptors (Lipinski definition) is 3. The van der Waals surface area contributed by atoms with Gasteiger partial charge in [0.25, 0.3) is 0 Å². The normalized spacial score (nSPS) is 30.6. The summed E-state index contributed by atoms with van der Waals surface area (Å²) in [6, 6.07) is 0. The molecule has 3 heteroatoms. The average Bonchev–Trinajstić information content (AvgIpc) is 2.06. The molecule has 1 aliphatic heterocycles. The molecule has 0 saturated heterocycles. The molecule has 3 nitrogen and oxygen atoms in total. The van der Waals surface area contributed by atoms with Crippen LogP contribution in [0.5, 0.6) is 0 Å². The molecule has 1 rings (SSSR count). The van der Waals surface area contributed by atoms with E-state index < -0.39 is 0 Å². The van der Waals surface area contributed by atoms with Crippen molar-refractivity contribution >= 4 is 18.8 Å². The SMILES string of the molecule is C=C1\N=C/N=C\C=C(C)\C=N/1. The zero-order valence-corrected chi connectivity index (χ0v) is 6.36. The summed E-state index contributed by atoms with van der Waals surface area (Å²) in [7, 11) is 0. The quantitative estimate of drug-likeness (QED) is 0.499. The van der Waals surface area contributed by atoms with Gasteiger partial charge in [-0.25, -0.2) is 15.0 Å². The number of allylic oxidation sites excluding steroid dienone is 2. The third-order valence-corrected chi connectivity index (χ3v) is 1.11. The molecule has 0 unspecified atom stereocenters. The first-order chi connectivity index (χ1) is 5.29. The van der Waals surface area contributed by atoms with Gasteiger partial charge in [-0.05, 0) is 18.6 Å². The smallest absolute Gasteiger partial charge is 0.146 e. The maximum Gasteiger partial charge on any atom is 0.146 e. The lowest BCUT2D eigenvalue weighted by atomic mass is 10.3. The largest absolute Gasteiger partial charge is 0.245 e. The summed E-state index contributed by atoms with van der Waals surface area (Å²) in [6.07, 6.45) is 6.66. The van der Waals surface area contributed by atoms with E-state index in [-0.39, 0.29) is 0 Å². The fraction of sp³-hybridized carbons (Fsp3) is 0.125. The zero-order chi connectivity index (χ0) is 8.10. The zero-order valence-electron chi connectivity index (χ0n) is 6.36. The molecule has 0 amide bonds. The van der Waals surface area contributed by atoms with Crippen LogP contribution in [0.25, 0.3) is 0 Å². The van der Waals surface area contributed by atoms with Gasteiger partial charge in [-0.3, -0.25) is 0 Å². The molecule has 1 aliphatic rings. The van der Waals surface area contributed by atoms with E-state index in [0.717, 1.165) is 5.57 Å². The van der Waals surface area contributed by atoms with E-state index in [2.05, 4.69) is 21.6 Å². The van der Waals surface area contributed by atoms with E-state index in [0.29, 0.717) is 5.82 Å². The minimum atomic E-state index is 0.469. The van der Waals surface area contributed by atoms with Gasteiger partial charge in [-0.1, -0.05) is 6.58 Å². The summed E-state index contributed by atoms with van der Waals surface area (Å²) in [6.45, 7) is 5.53. The Labute approximate surface area is 65.6 Å². The Hall–Kier alpha value is -1.51. The predicted octanol–water partition coefficient (Wildman–Crippen LogP) is 1.59. The molecule has 0 aliphatic carbocycles. The highest BCUT2D eigenvalue weighted by atomic mass is 15.0. The second kappa shape index (κ2) is 3.61. The fourth-order valence-electron chi connectivity index (χ4n) is 0.552. The van der Waals surface area contributed by atoms with Crippen LogP contribution in [0.1, 0.15) is 6.92 Å². The van der Waals surface area contributed by atoms with Gasteiger partial charge in [-0.15, -0.1) is 0 Å². The Kier molecular flexibility index (Phi) is 2.49. The molecule has 0 aromatic rings. The van der Waals surface area contributed by atoms with E-state index in [1.54, 1.807) is 12.4 Å². The number of hydrogen-bond donors (Lipinski definition) is 0. The van der Waals surface area contributed by atoms with Crippen molar-refractivity contribution in [2.24, 2.45) is 15.0 Å². The molecule has 0 N–H and O–H groups in total. The van der Waals surface area contributed by atoms with Crippen LogP contribution in [0.3, 0.4) is 0 Å². The standard InChI is InChI=1S/C8H9N3/c1-7-3-4-9-6-11-8(2)10-5-7/h3-6H,2H2,1H3/b7-3+,9-4-,10-5-,11-6-.